The average Bonchev–Trinajstić information content (AvgIpc) is 2.73. The van der Waals surface area contributed by atoms with Gasteiger partial charge in [0.05, 0.1) is 37.1 Å². The van der Waals surface area contributed by atoms with E-state index in [2.05, 4.69) is 20.6 Å². The summed E-state index contributed by atoms with van der Waals surface area (Å²) in [5.74, 6) is 1.73. The Morgan fingerprint density at radius 1 is 1.10 bits per heavy atom. The number of anilines is 3. The maximum Gasteiger partial charge on any atom is 0.411 e. The molecule has 0 aliphatic heterocycles. The maximum atomic E-state index is 11.7. The van der Waals surface area contributed by atoms with Crippen molar-refractivity contribution in [1.82, 2.24) is 9.97 Å². The zero-order valence-electron chi connectivity index (χ0n) is 16.7. The molecule has 0 fully saturated rings. The highest BCUT2D eigenvalue weighted by atomic mass is 35.5. The van der Waals surface area contributed by atoms with Gasteiger partial charge in [-0.15, -0.1) is 12.4 Å². The van der Waals surface area contributed by atoms with Gasteiger partial charge in [-0.3, -0.25) is 5.32 Å². The lowest BCUT2D eigenvalue weighted by molar-refractivity contribution is 0.161. The second kappa shape index (κ2) is 10.7. The van der Waals surface area contributed by atoms with Gasteiger partial charge in [0.2, 0.25) is 0 Å². The fraction of sp³-hybridized carbons (Fsp3) is 0.250. The molecule has 0 aliphatic carbocycles. The van der Waals surface area contributed by atoms with Crippen LogP contribution in [0, 0.1) is 0 Å². The quantitative estimate of drug-likeness (QED) is 0.493. The third-order valence-corrected chi connectivity index (χ3v) is 4.36. The number of ether oxygens (including phenoxy) is 3. The Bertz CT molecular complexity index is 1030. The molecule has 0 saturated carbocycles. The third kappa shape index (κ3) is 5.34. The van der Waals surface area contributed by atoms with Crippen molar-refractivity contribution in [1.29, 1.82) is 0 Å². The fourth-order valence-electron chi connectivity index (χ4n) is 2.65. The Kier molecular flexibility index (Phi) is 8.32. The van der Waals surface area contributed by atoms with Crippen LogP contribution in [0.25, 0.3) is 10.9 Å². The summed E-state index contributed by atoms with van der Waals surface area (Å²) >= 11 is 6.30. The molecule has 160 valence electrons. The van der Waals surface area contributed by atoms with Crippen molar-refractivity contribution >= 4 is 58.2 Å². The number of benzene rings is 2. The maximum absolute atomic E-state index is 11.7. The first-order chi connectivity index (χ1) is 14.0. The van der Waals surface area contributed by atoms with E-state index in [9.17, 15) is 4.79 Å². The van der Waals surface area contributed by atoms with Crippen LogP contribution in [0.5, 0.6) is 11.5 Å². The minimum atomic E-state index is -0.544. The minimum absolute atomic E-state index is 0. The number of rotatable bonds is 7. The van der Waals surface area contributed by atoms with Gasteiger partial charge in [-0.1, -0.05) is 18.5 Å². The lowest BCUT2D eigenvalue weighted by atomic mass is 10.2. The first-order valence-electron chi connectivity index (χ1n) is 8.92. The van der Waals surface area contributed by atoms with E-state index in [4.69, 9.17) is 25.8 Å². The van der Waals surface area contributed by atoms with Gasteiger partial charge in [0, 0.05) is 17.1 Å². The SMILES string of the molecule is CCCOC(=O)Nc1ccc(Nc2ncnc3cc(OC)c(OC)cc23)cc1Cl.Cl. The lowest BCUT2D eigenvalue weighted by Gasteiger charge is -2.13. The van der Waals surface area contributed by atoms with Crippen molar-refractivity contribution in [3.05, 3.63) is 41.7 Å². The Labute approximate surface area is 185 Å². The van der Waals surface area contributed by atoms with Gasteiger partial charge in [0.15, 0.2) is 11.5 Å². The van der Waals surface area contributed by atoms with Crippen molar-refractivity contribution in [2.24, 2.45) is 0 Å². The Balaban J connectivity index is 0.00000320. The number of carbonyl (C=O) groups is 1. The van der Waals surface area contributed by atoms with E-state index in [1.807, 2.05) is 6.92 Å². The molecular weight excluding hydrogens is 431 g/mol. The minimum Gasteiger partial charge on any atom is -0.493 e. The van der Waals surface area contributed by atoms with Crippen LogP contribution in [-0.4, -0.2) is 36.9 Å². The molecule has 3 rings (SSSR count). The molecule has 3 aromatic rings. The van der Waals surface area contributed by atoms with Crippen LogP contribution in [0.3, 0.4) is 0 Å². The largest absolute Gasteiger partial charge is 0.493 e. The molecule has 0 saturated heterocycles. The molecule has 0 spiro atoms. The Morgan fingerprint density at radius 2 is 1.83 bits per heavy atom. The second-order valence-electron chi connectivity index (χ2n) is 6.03. The molecule has 0 aliphatic rings. The van der Waals surface area contributed by atoms with E-state index >= 15 is 0 Å². The molecule has 0 atom stereocenters. The van der Waals surface area contributed by atoms with Crippen LogP contribution >= 0.6 is 24.0 Å². The number of carbonyl (C=O) groups excluding carboxylic acids is 1. The van der Waals surface area contributed by atoms with Gasteiger partial charge < -0.3 is 19.5 Å². The normalized spacial score (nSPS) is 10.1. The molecule has 1 aromatic heterocycles. The van der Waals surface area contributed by atoms with Crippen LogP contribution in [0.4, 0.5) is 22.0 Å². The van der Waals surface area contributed by atoms with Crippen LogP contribution < -0.4 is 20.1 Å². The van der Waals surface area contributed by atoms with E-state index in [0.29, 0.717) is 45.8 Å². The smallest absolute Gasteiger partial charge is 0.411 e. The van der Waals surface area contributed by atoms with Gasteiger partial charge in [-0.05, 0) is 30.7 Å². The summed E-state index contributed by atoms with van der Waals surface area (Å²) in [7, 11) is 3.14. The molecule has 8 nitrogen and oxygen atoms in total. The molecule has 10 heteroatoms. The Morgan fingerprint density at radius 3 is 2.50 bits per heavy atom. The summed E-state index contributed by atoms with van der Waals surface area (Å²) in [5.41, 5.74) is 1.85. The highest BCUT2D eigenvalue weighted by Gasteiger charge is 2.12. The molecule has 1 heterocycles. The van der Waals surface area contributed by atoms with Crippen LogP contribution in [-0.2, 0) is 4.74 Å². The lowest BCUT2D eigenvalue weighted by Crippen LogP contribution is -2.14. The molecule has 30 heavy (non-hydrogen) atoms. The van der Waals surface area contributed by atoms with Crippen molar-refractivity contribution in [3.63, 3.8) is 0 Å². The predicted octanol–water partition coefficient (Wildman–Crippen LogP) is 5.42. The van der Waals surface area contributed by atoms with E-state index in [-0.39, 0.29) is 12.4 Å². The van der Waals surface area contributed by atoms with Gasteiger partial charge in [0.1, 0.15) is 12.1 Å². The third-order valence-electron chi connectivity index (χ3n) is 4.05. The van der Waals surface area contributed by atoms with Gasteiger partial charge in [0.25, 0.3) is 0 Å². The van der Waals surface area contributed by atoms with E-state index in [1.54, 1.807) is 44.6 Å². The van der Waals surface area contributed by atoms with Crippen molar-refractivity contribution in [2.45, 2.75) is 13.3 Å². The molecular formula is C20H22Cl2N4O4. The topological polar surface area (TPSA) is 94.6 Å². The van der Waals surface area contributed by atoms with Crippen LogP contribution in [0.2, 0.25) is 5.02 Å². The number of methoxy groups -OCH3 is 2. The number of amides is 1. The van der Waals surface area contributed by atoms with E-state index in [1.165, 1.54) is 6.33 Å². The summed E-state index contributed by atoms with van der Waals surface area (Å²) in [4.78, 5) is 20.3. The van der Waals surface area contributed by atoms with Crippen molar-refractivity contribution in [2.75, 3.05) is 31.5 Å². The number of halogens is 2. The average molecular weight is 453 g/mol. The zero-order valence-corrected chi connectivity index (χ0v) is 18.3. The molecule has 1 amide bonds. The Hall–Kier alpha value is -2.97. The van der Waals surface area contributed by atoms with Crippen LogP contribution in [0.1, 0.15) is 13.3 Å². The van der Waals surface area contributed by atoms with E-state index in [0.717, 1.165) is 11.8 Å². The summed E-state index contributed by atoms with van der Waals surface area (Å²) in [6, 6.07) is 8.73. The molecule has 0 bridgehead atoms. The summed E-state index contributed by atoms with van der Waals surface area (Å²) in [6.07, 6.45) is 1.66. The van der Waals surface area contributed by atoms with Crippen molar-refractivity contribution < 1.29 is 19.0 Å². The first-order valence-corrected chi connectivity index (χ1v) is 9.30. The number of hydrogen-bond acceptors (Lipinski definition) is 7. The van der Waals surface area contributed by atoms with Crippen molar-refractivity contribution in [3.8, 4) is 11.5 Å². The van der Waals surface area contributed by atoms with Gasteiger partial charge in [-0.25, -0.2) is 14.8 Å². The fourth-order valence-corrected chi connectivity index (χ4v) is 2.88. The van der Waals surface area contributed by atoms with Crippen LogP contribution in [0.15, 0.2) is 36.7 Å². The molecule has 2 N–H and O–H groups in total. The number of nitrogens with one attached hydrogen (secondary N) is 2. The highest BCUT2D eigenvalue weighted by molar-refractivity contribution is 6.34. The number of hydrogen-bond donors (Lipinski definition) is 2. The van der Waals surface area contributed by atoms with Gasteiger partial charge in [-0.2, -0.15) is 0 Å². The monoisotopic (exact) mass is 452 g/mol. The summed E-state index contributed by atoms with van der Waals surface area (Å²) in [6.45, 7) is 2.27. The standard InChI is InChI=1S/C20H21ClN4O4.ClH/c1-4-7-29-20(26)25-15-6-5-12(8-14(15)21)24-19-13-9-17(27-2)18(28-3)10-16(13)22-11-23-19;/h5-6,8-11H,4,7H2,1-3H3,(H,25,26)(H,22,23,24);1H. The number of aromatic nitrogens is 2. The zero-order chi connectivity index (χ0) is 20.8. The molecule has 2 aromatic carbocycles. The number of nitrogens with zero attached hydrogens (tertiary/aromatic N) is 2. The summed E-state index contributed by atoms with van der Waals surface area (Å²) < 4.78 is 15.7. The summed E-state index contributed by atoms with van der Waals surface area (Å²) in [5, 5.41) is 6.95. The van der Waals surface area contributed by atoms with E-state index < -0.39 is 6.09 Å². The predicted molar refractivity (Wildman–Crippen MR) is 120 cm³/mol. The van der Waals surface area contributed by atoms with Gasteiger partial charge >= 0.3 is 6.09 Å². The number of fused-ring (bicyclic) bond motifs is 1. The second-order valence-corrected chi connectivity index (χ2v) is 6.43. The first kappa shape index (κ1) is 23.3. The molecule has 0 radical (unpaired) electrons. The molecule has 0 unspecified atom stereocenters. The highest BCUT2D eigenvalue weighted by Crippen LogP contribution is 2.35.